The second-order valence-electron chi connectivity index (χ2n) is 4.18. The van der Waals surface area contributed by atoms with Crippen molar-refractivity contribution in [2.24, 2.45) is 5.73 Å². The van der Waals surface area contributed by atoms with Gasteiger partial charge in [0.1, 0.15) is 0 Å². The molecule has 94 valence electrons. The lowest BCUT2D eigenvalue weighted by atomic mass is 10.1. The Labute approximate surface area is 113 Å². The highest BCUT2D eigenvalue weighted by Crippen LogP contribution is 2.08. The average molecular weight is 250 g/mol. The first-order valence-electron chi connectivity index (χ1n) is 6.20. The minimum Gasteiger partial charge on any atom is -0.325 e. The molecule has 0 amide bonds. The Morgan fingerprint density at radius 1 is 1.16 bits per heavy atom. The third kappa shape index (κ3) is 3.51. The number of nitrogens with zero attached hydrogens (tertiary/aromatic N) is 2. The summed E-state index contributed by atoms with van der Waals surface area (Å²) in [7, 11) is 0. The second kappa shape index (κ2) is 6.48. The van der Waals surface area contributed by atoms with E-state index in [1.165, 1.54) is 0 Å². The van der Waals surface area contributed by atoms with E-state index in [1.807, 2.05) is 54.7 Å². The Balaban J connectivity index is 2.25. The van der Waals surface area contributed by atoms with Crippen molar-refractivity contribution in [3.63, 3.8) is 0 Å². The largest absolute Gasteiger partial charge is 0.325 e. The SMILES string of the molecule is N#Cc1cccc(/C=C/c2cccc[n+]2CCN)c1. The number of nitriles is 1. The molecule has 0 saturated heterocycles. The Morgan fingerprint density at radius 3 is 2.84 bits per heavy atom. The number of pyridine rings is 1. The van der Waals surface area contributed by atoms with Crippen LogP contribution in [0.25, 0.3) is 12.2 Å². The van der Waals surface area contributed by atoms with Crippen molar-refractivity contribution in [1.82, 2.24) is 0 Å². The molecule has 1 aromatic carbocycles. The van der Waals surface area contributed by atoms with Crippen LogP contribution in [0, 0.1) is 11.3 Å². The first kappa shape index (κ1) is 13.0. The van der Waals surface area contributed by atoms with Gasteiger partial charge in [-0.2, -0.15) is 9.83 Å². The molecule has 3 nitrogen and oxygen atoms in total. The van der Waals surface area contributed by atoms with Crippen LogP contribution in [0.4, 0.5) is 0 Å². The predicted molar refractivity (Wildman–Crippen MR) is 75.8 cm³/mol. The van der Waals surface area contributed by atoms with Crippen molar-refractivity contribution in [3.8, 4) is 6.07 Å². The van der Waals surface area contributed by atoms with Crippen LogP contribution in [0.2, 0.25) is 0 Å². The van der Waals surface area contributed by atoms with Crippen LogP contribution in [0.15, 0.2) is 48.7 Å². The van der Waals surface area contributed by atoms with Crippen LogP contribution in [0.3, 0.4) is 0 Å². The number of hydrogen-bond acceptors (Lipinski definition) is 2. The Bertz CT molecular complexity index is 624. The summed E-state index contributed by atoms with van der Waals surface area (Å²) in [5.74, 6) is 0. The number of nitrogens with two attached hydrogens (primary N) is 1. The molecule has 0 spiro atoms. The molecule has 0 fully saturated rings. The van der Waals surface area contributed by atoms with E-state index in [9.17, 15) is 0 Å². The van der Waals surface area contributed by atoms with E-state index in [0.717, 1.165) is 17.8 Å². The lowest BCUT2D eigenvalue weighted by molar-refractivity contribution is -0.696. The fraction of sp³-hybridized carbons (Fsp3) is 0.125. The maximum atomic E-state index is 8.87. The van der Waals surface area contributed by atoms with Crippen LogP contribution in [-0.2, 0) is 6.54 Å². The minimum absolute atomic E-state index is 0.611. The van der Waals surface area contributed by atoms with Crippen molar-refractivity contribution in [2.75, 3.05) is 6.54 Å². The van der Waals surface area contributed by atoms with Crippen molar-refractivity contribution in [2.45, 2.75) is 6.54 Å². The molecule has 1 aromatic heterocycles. The Kier molecular flexibility index (Phi) is 4.44. The van der Waals surface area contributed by atoms with E-state index in [2.05, 4.69) is 10.6 Å². The number of rotatable bonds is 4. The van der Waals surface area contributed by atoms with Crippen LogP contribution in [-0.4, -0.2) is 6.54 Å². The van der Waals surface area contributed by atoms with Crippen molar-refractivity contribution in [3.05, 3.63) is 65.5 Å². The van der Waals surface area contributed by atoms with Crippen molar-refractivity contribution < 1.29 is 4.57 Å². The molecule has 3 heteroatoms. The molecular weight excluding hydrogens is 234 g/mol. The smallest absolute Gasteiger partial charge is 0.205 e. The third-order valence-electron chi connectivity index (χ3n) is 2.81. The fourth-order valence-electron chi connectivity index (χ4n) is 1.88. The third-order valence-corrected chi connectivity index (χ3v) is 2.81. The monoisotopic (exact) mass is 250 g/mol. The molecule has 0 radical (unpaired) electrons. The van der Waals surface area contributed by atoms with Crippen LogP contribution >= 0.6 is 0 Å². The lowest BCUT2D eigenvalue weighted by Crippen LogP contribution is -2.39. The quantitative estimate of drug-likeness (QED) is 0.843. The van der Waals surface area contributed by atoms with Gasteiger partial charge in [-0.15, -0.1) is 0 Å². The van der Waals surface area contributed by atoms with E-state index in [4.69, 9.17) is 11.0 Å². The van der Waals surface area contributed by atoms with E-state index in [-0.39, 0.29) is 0 Å². The van der Waals surface area contributed by atoms with E-state index in [1.54, 1.807) is 6.07 Å². The molecule has 0 saturated carbocycles. The molecule has 2 rings (SSSR count). The molecule has 0 aliphatic heterocycles. The van der Waals surface area contributed by atoms with Gasteiger partial charge in [-0.05, 0) is 29.8 Å². The highest BCUT2D eigenvalue weighted by molar-refractivity contribution is 5.67. The summed E-state index contributed by atoms with van der Waals surface area (Å²) in [6.07, 6.45) is 6.05. The summed E-state index contributed by atoms with van der Waals surface area (Å²) in [5, 5.41) is 8.87. The number of hydrogen-bond donors (Lipinski definition) is 1. The summed E-state index contributed by atoms with van der Waals surface area (Å²) in [6, 6.07) is 15.7. The molecule has 19 heavy (non-hydrogen) atoms. The summed E-state index contributed by atoms with van der Waals surface area (Å²) < 4.78 is 2.10. The maximum Gasteiger partial charge on any atom is 0.205 e. The van der Waals surface area contributed by atoms with Gasteiger partial charge in [-0.3, -0.25) is 0 Å². The predicted octanol–water partition coefficient (Wildman–Crippen LogP) is 1.97. The summed E-state index contributed by atoms with van der Waals surface area (Å²) >= 11 is 0. The van der Waals surface area contributed by atoms with Crippen LogP contribution < -0.4 is 10.3 Å². The molecule has 0 aliphatic carbocycles. The first-order valence-corrected chi connectivity index (χ1v) is 6.20. The number of benzene rings is 1. The molecule has 2 N–H and O–H groups in total. The van der Waals surface area contributed by atoms with Crippen molar-refractivity contribution >= 4 is 12.2 Å². The highest BCUT2D eigenvalue weighted by atomic mass is 15.0. The Hall–Kier alpha value is -2.44. The van der Waals surface area contributed by atoms with E-state index < -0.39 is 0 Å². The summed E-state index contributed by atoms with van der Waals surface area (Å²) in [5.41, 5.74) is 8.37. The molecule has 0 atom stereocenters. The summed E-state index contributed by atoms with van der Waals surface area (Å²) in [4.78, 5) is 0. The molecule has 0 bridgehead atoms. The van der Waals surface area contributed by atoms with Gasteiger partial charge in [-0.25, -0.2) is 0 Å². The first-order chi connectivity index (χ1) is 9.33. The van der Waals surface area contributed by atoms with Gasteiger partial charge < -0.3 is 5.73 Å². The topological polar surface area (TPSA) is 53.7 Å². The second-order valence-corrected chi connectivity index (χ2v) is 4.18. The average Bonchev–Trinajstić information content (AvgIpc) is 2.47. The zero-order valence-electron chi connectivity index (χ0n) is 10.7. The lowest BCUT2D eigenvalue weighted by Gasteiger charge is -1.98. The van der Waals surface area contributed by atoms with Gasteiger partial charge in [0.25, 0.3) is 0 Å². The summed E-state index contributed by atoms with van der Waals surface area (Å²) in [6.45, 7) is 1.40. The number of aromatic nitrogens is 1. The zero-order valence-corrected chi connectivity index (χ0v) is 10.7. The molecule has 2 aromatic rings. The van der Waals surface area contributed by atoms with E-state index >= 15 is 0 Å². The fourth-order valence-corrected chi connectivity index (χ4v) is 1.88. The maximum absolute atomic E-state index is 8.87. The van der Waals surface area contributed by atoms with Crippen LogP contribution in [0.1, 0.15) is 16.8 Å². The molecular formula is C16H16N3+. The van der Waals surface area contributed by atoms with Gasteiger partial charge >= 0.3 is 0 Å². The van der Waals surface area contributed by atoms with Gasteiger partial charge in [0.2, 0.25) is 5.69 Å². The molecule has 0 aliphatic rings. The van der Waals surface area contributed by atoms with Crippen LogP contribution in [0.5, 0.6) is 0 Å². The zero-order chi connectivity index (χ0) is 13.5. The normalized spacial score (nSPS) is 10.5. The Morgan fingerprint density at radius 2 is 2.05 bits per heavy atom. The molecule has 1 heterocycles. The van der Waals surface area contributed by atoms with Gasteiger partial charge in [-0.1, -0.05) is 12.1 Å². The van der Waals surface area contributed by atoms with E-state index in [0.29, 0.717) is 12.1 Å². The van der Waals surface area contributed by atoms with Gasteiger partial charge in [0.15, 0.2) is 12.7 Å². The highest BCUT2D eigenvalue weighted by Gasteiger charge is 2.04. The van der Waals surface area contributed by atoms with Gasteiger partial charge in [0, 0.05) is 18.2 Å². The standard InChI is InChI=1S/C16H16N3/c17-9-11-19-10-2-1-6-16(19)8-7-14-4-3-5-15(12-14)13-18/h1-8,10,12H,9,11,17H2/q+1/b8-7+. The van der Waals surface area contributed by atoms with Gasteiger partial charge in [0.05, 0.1) is 18.2 Å². The molecule has 0 unspecified atom stereocenters. The van der Waals surface area contributed by atoms with Crippen molar-refractivity contribution in [1.29, 1.82) is 5.26 Å². The minimum atomic E-state index is 0.611.